The van der Waals surface area contributed by atoms with E-state index in [0.717, 1.165) is 25.0 Å². The van der Waals surface area contributed by atoms with Crippen LogP contribution in [0.5, 0.6) is 0 Å². The Labute approximate surface area is 176 Å². The van der Waals surface area contributed by atoms with Crippen LogP contribution in [-0.2, 0) is 6.54 Å². The molecule has 0 atom stereocenters. The summed E-state index contributed by atoms with van der Waals surface area (Å²) in [7, 11) is 0. The molecule has 6 nitrogen and oxygen atoms in total. The smallest absolute Gasteiger partial charge is 0.209 e. The van der Waals surface area contributed by atoms with Gasteiger partial charge in [0.05, 0.1) is 24.0 Å². The maximum atomic E-state index is 6.08. The van der Waals surface area contributed by atoms with Gasteiger partial charge in [-0.25, -0.2) is 4.68 Å². The Bertz CT molecular complexity index is 1080. The molecule has 0 radical (unpaired) electrons. The Morgan fingerprint density at radius 3 is 2.77 bits per heavy atom. The number of rotatable bonds is 4. The third kappa shape index (κ3) is 3.53. The van der Waals surface area contributed by atoms with Crippen molar-refractivity contribution >= 4 is 50.1 Å². The first kappa shape index (κ1) is 17.6. The van der Waals surface area contributed by atoms with Crippen LogP contribution in [0.15, 0.2) is 59.2 Å². The molecule has 0 bridgehead atoms. The molecule has 4 rings (SSSR count). The minimum Gasteiger partial charge on any atom is -0.227 e. The fourth-order valence-corrected chi connectivity index (χ4v) is 3.85. The molecule has 0 aliphatic heterocycles. The molecule has 0 aliphatic rings. The van der Waals surface area contributed by atoms with Crippen molar-refractivity contribution in [3.63, 3.8) is 0 Å². The van der Waals surface area contributed by atoms with Crippen molar-refractivity contribution in [2.24, 2.45) is 0 Å². The molecule has 0 amide bonds. The Morgan fingerprint density at radius 1 is 1.12 bits per heavy atom. The van der Waals surface area contributed by atoms with Gasteiger partial charge in [0.25, 0.3) is 0 Å². The Kier molecular flexibility index (Phi) is 5.05. The molecule has 0 N–H and O–H groups in total. The van der Waals surface area contributed by atoms with Crippen molar-refractivity contribution in [3.8, 4) is 17.1 Å². The van der Waals surface area contributed by atoms with Gasteiger partial charge in [-0.3, -0.25) is 0 Å². The van der Waals surface area contributed by atoms with Crippen LogP contribution in [-0.4, -0.2) is 30.0 Å². The van der Waals surface area contributed by atoms with Crippen LogP contribution in [0.1, 0.15) is 5.56 Å². The van der Waals surface area contributed by atoms with Crippen LogP contribution >= 0.6 is 50.1 Å². The van der Waals surface area contributed by atoms with Crippen molar-refractivity contribution in [2.75, 3.05) is 0 Å². The van der Waals surface area contributed by atoms with Crippen molar-refractivity contribution in [2.45, 2.75) is 6.54 Å². The minimum absolute atomic E-state index is 0.535. The highest BCUT2D eigenvalue weighted by Crippen LogP contribution is 2.25. The van der Waals surface area contributed by atoms with E-state index in [0.29, 0.717) is 17.4 Å². The summed E-state index contributed by atoms with van der Waals surface area (Å²) in [6.07, 6.45) is 1.74. The van der Waals surface area contributed by atoms with Crippen molar-refractivity contribution in [1.82, 2.24) is 30.0 Å². The Hall–Kier alpha value is -1.78. The van der Waals surface area contributed by atoms with Crippen molar-refractivity contribution in [3.05, 3.63) is 73.5 Å². The summed E-state index contributed by atoms with van der Waals surface area (Å²) in [5.74, 6) is 0.537. The molecule has 0 fully saturated rings. The maximum absolute atomic E-state index is 6.08. The molecule has 0 unspecified atom stereocenters. The zero-order chi connectivity index (χ0) is 18.1. The number of aromatic nitrogens is 6. The van der Waals surface area contributed by atoms with Crippen LogP contribution in [0.25, 0.3) is 17.1 Å². The van der Waals surface area contributed by atoms with E-state index in [2.05, 4.69) is 59.0 Å². The standard InChI is InChI=1S/C17H11BrClIN6/c18-15-7-2-1-4-11(15)10-25-23-17(22-24-25)14-9-21-26(16(14)20)13-6-3-5-12(19)8-13/h1-9H,10H2. The van der Waals surface area contributed by atoms with Gasteiger partial charge in [-0.1, -0.05) is 51.8 Å². The summed E-state index contributed by atoms with van der Waals surface area (Å²) in [6.45, 7) is 0.535. The molecule has 4 aromatic rings. The largest absolute Gasteiger partial charge is 0.227 e. The molecular weight excluding hydrogens is 530 g/mol. The molecule has 9 heteroatoms. The molecule has 2 aromatic heterocycles. The predicted octanol–water partition coefficient (Wildman–Crippen LogP) is 4.59. The van der Waals surface area contributed by atoms with E-state index >= 15 is 0 Å². The first-order chi connectivity index (χ1) is 12.6. The van der Waals surface area contributed by atoms with Crippen LogP contribution in [0, 0.1) is 3.70 Å². The number of hydrogen-bond donors (Lipinski definition) is 0. The molecule has 0 aliphatic carbocycles. The Balaban J connectivity index is 1.63. The lowest BCUT2D eigenvalue weighted by atomic mass is 10.2. The minimum atomic E-state index is 0.535. The first-order valence-corrected chi connectivity index (χ1v) is 9.88. The number of tetrazole rings is 1. The summed E-state index contributed by atoms with van der Waals surface area (Å²) in [5, 5.41) is 17.9. The quantitative estimate of drug-likeness (QED) is 0.355. The van der Waals surface area contributed by atoms with E-state index in [9.17, 15) is 0 Å². The highest BCUT2D eigenvalue weighted by atomic mass is 127. The lowest BCUT2D eigenvalue weighted by Gasteiger charge is -2.03. The van der Waals surface area contributed by atoms with E-state index in [1.165, 1.54) is 0 Å². The lowest BCUT2D eigenvalue weighted by Crippen LogP contribution is -2.04. The van der Waals surface area contributed by atoms with Crippen molar-refractivity contribution in [1.29, 1.82) is 0 Å². The van der Waals surface area contributed by atoms with Gasteiger partial charge in [-0.2, -0.15) is 9.90 Å². The highest BCUT2D eigenvalue weighted by molar-refractivity contribution is 14.1. The molecule has 0 spiro atoms. The molecule has 0 saturated heterocycles. The fourth-order valence-electron chi connectivity index (χ4n) is 2.47. The highest BCUT2D eigenvalue weighted by Gasteiger charge is 2.16. The van der Waals surface area contributed by atoms with Crippen LogP contribution in [0.2, 0.25) is 5.02 Å². The Morgan fingerprint density at radius 2 is 1.96 bits per heavy atom. The monoisotopic (exact) mass is 540 g/mol. The molecule has 26 heavy (non-hydrogen) atoms. The van der Waals surface area contributed by atoms with Gasteiger partial charge < -0.3 is 0 Å². The third-order valence-electron chi connectivity index (χ3n) is 3.73. The van der Waals surface area contributed by atoms with E-state index in [4.69, 9.17) is 11.6 Å². The topological polar surface area (TPSA) is 61.4 Å². The maximum Gasteiger partial charge on any atom is 0.209 e. The van der Waals surface area contributed by atoms with E-state index in [1.807, 2.05) is 48.5 Å². The second-order valence-electron chi connectivity index (χ2n) is 5.48. The fraction of sp³-hybridized carbons (Fsp3) is 0.0588. The van der Waals surface area contributed by atoms with Gasteiger partial charge in [0.2, 0.25) is 5.82 Å². The molecular formula is C17H11BrClIN6. The van der Waals surface area contributed by atoms with Crippen LogP contribution in [0.4, 0.5) is 0 Å². The van der Waals surface area contributed by atoms with Gasteiger partial charge in [0.15, 0.2) is 0 Å². The summed E-state index contributed by atoms with van der Waals surface area (Å²) in [6, 6.07) is 15.5. The number of hydrogen-bond acceptors (Lipinski definition) is 4. The van der Waals surface area contributed by atoms with Gasteiger partial charge in [0, 0.05) is 9.50 Å². The molecule has 2 aromatic carbocycles. The molecule has 0 saturated carbocycles. The summed E-state index contributed by atoms with van der Waals surface area (Å²) in [4.78, 5) is 1.57. The molecule has 130 valence electrons. The van der Waals surface area contributed by atoms with Gasteiger partial charge >= 0.3 is 0 Å². The van der Waals surface area contributed by atoms with E-state index in [1.54, 1.807) is 15.7 Å². The number of nitrogens with zero attached hydrogens (tertiary/aromatic N) is 6. The molecule has 2 heterocycles. The normalized spacial score (nSPS) is 11.0. The average Bonchev–Trinajstić information content (AvgIpc) is 3.23. The zero-order valence-electron chi connectivity index (χ0n) is 13.2. The van der Waals surface area contributed by atoms with Gasteiger partial charge in [-0.05, 0) is 57.6 Å². The number of halogens is 3. The van der Waals surface area contributed by atoms with Gasteiger partial charge in [-0.15, -0.1) is 10.2 Å². The van der Waals surface area contributed by atoms with Crippen molar-refractivity contribution < 1.29 is 0 Å². The van der Waals surface area contributed by atoms with Crippen LogP contribution in [0.3, 0.4) is 0 Å². The van der Waals surface area contributed by atoms with E-state index < -0.39 is 0 Å². The lowest BCUT2D eigenvalue weighted by molar-refractivity contribution is 0.571. The zero-order valence-corrected chi connectivity index (χ0v) is 17.7. The predicted molar refractivity (Wildman–Crippen MR) is 111 cm³/mol. The van der Waals surface area contributed by atoms with Gasteiger partial charge in [0.1, 0.15) is 3.70 Å². The third-order valence-corrected chi connectivity index (χ3v) is 5.77. The summed E-state index contributed by atoms with van der Waals surface area (Å²) in [5.41, 5.74) is 2.79. The second kappa shape index (κ2) is 7.45. The SMILES string of the molecule is Clc1cccc(-n2ncc(-c3nnn(Cc4ccccc4Br)n3)c2I)c1. The average molecular weight is 542 g/mol. The number of benzene rings is 2. The first-order valence-electron chi connectivity index (χ1n) is 7.63. The second-order valence-corrected chi connectivity index (χ2v) is 7.79. The summed E-state index contributed by atoms with van der Waals surface area (Å²) < 4.78 is 3.71. The van der Waals surface area contributed by atoms with Crippen LogP contribution < -0.4 is 0 Å². The van der Waals surface area contributed by atoms with E-state index in [-0.39, 0.29) is 0 Å². The summed E-state index contributed by atoms with van der Waals surface area (Å²) >= 11 is 11.8.